The van der Waals surface area contributed by atoms with Crippen LogP contribution in [0.15, 0.2) is 34.1 Å². The third-order valence-electron chi connectivity index (χ3n) is 3.24. The van der Waals surface area contributed by atoms with Crippen molar-refractivity contribution >= 4 is 32.6 Å². The van der Waals surface area contributed by atoms with E-state index in [9.17, 15) is 8.42 Å². The van der Waals surface area contributed by atoms with Crippen molar-refractivity contribution in [2.45, 2.75) is 9.79 Å². The first-order valence-corrected chi connectivity index (χ1v) is 6.94. The molecule has 0 amide bonds. The molecular formula is C12H12N4O2S. The van der Waals surface area contributed by atoms with Gasteiger partial charge in [-0.25, -0.2) is 8.42 Å². The van der Waals surface area contributed by atoms with Gasteiger partial charge in [-0.2, -0.15) is 0 Å². The maximum Gasteiger partial charge on any atom is 0.207 e. The molecule has 8 N–H and O–H groups in total. The Hall–Kier alpha value is -2.41. The van der Waals surface area contributed by atoms with Gasteiger partial charge in [0.2, 0.25) is 9.84 Å². The van der Waals surface area contributed by atoms with Crippen molar-refractivity contribution in [3.8, 4) is 11.1 Å². The molecule has 2 aromatic rings. The number of rotatable bonds is 0. The summed E-state index contributed by atoms with van der Waals surface area (Å²) in [7, 11) is -3.61. The highest BCUT2D eigenvalue weighted by atomic mass is 32.2. The first-order chi connectivity index (χ1) is 8.82. The van der Waals surface area contributed by atoms with Crippen LogP contribution in [0.3, 0.4) is 0 Å². The molecule has 0 aromatic heterocycles. The molecule has 0 spiro atoms. The largest absolute Gasteiger partial charge is 0.397 e. The summed E-state index contributed by atoms with van der Waals surface area (Å²) in [4.78, 5) is 0.276. The van der Waals surface area contributed by atoms with E-state index >= 15 is 0 Å². The lowest BCUT2D eigenvalue weighted by Gasteiger charge is -2.05. The second-order valence-electron chi connectivity index (χ2n) is 4.46. The summed E-state index contributed by atoms with van der Waals surface area (Å²) in [5, 5.41) is 0. The van der Waals surface area contributed by atoms with Gasteiger partial charge in [-0.1, -0.05) is 0 Å². The van der Waals surface area contributed by atoms with E-state index in [2.05, 4.69) is 0 Å². The zero-order valence-corrected chi connectivity index (χ0v) is 10.7. The van der Waals surface area contributed by atoms with E-state index in [4.69, 9.17) is 22.9 Å². The molecule has 0 saturated carbocycles. The molecule has 6 nitrogen and oxygen atoms in total. The molecule has 0 saturated heterocycles. The van der Waals surface area contributed by atoms with Gasteiger partial charge in [0.05, 0.1) is 32.5 Å². The topological polar surface area (TPSA) is 138 Å². The molecular weight excluding hydrogens is 264 g/mol. The number of nitrogens with two attached hydrogens (primary N) is 4. The van der Waals surface area contributed by atoms with E-state index in [0.29, 0.717) is 22.5 Å². The normalized spacial score (nSPS) is 14.9. The summed E-state index contributed by atoms with van der Waals surface area (Å²) in [6.45, 7) is 0. The SMILES string of the molecule is Nc1cc2c(cc1N)S(=O)(=O)c1cc(N)c(N)cc1-2. The predicted molar refractivity (Wildman–Crippen MR) is 75.0 cm³/mol. The minimum absolute atomic E-state index is 0.138. The number of hydrogen-bond acceptors (Lipinski definition) is 6. The minimum atomic E-state index is -3.61. The Morgan fingerprint density at radius 1 is 0.632 bits per heavy atom. The molecule has 0 atom stereocenters. The molecule has 3 rings (SSSR count). The number of fused-ring (bicyclic) bond motifs is 3. The first kappa shape index (κ1) is 11.7. The molecule has 1 aliphatic heterocycles. The van der Waals surface area contributed by atoms with Crippen LogP contribution >= 0.6 is 0 Å². The number of hydrogen-bond donors (Lipinski definition) is 4. The molecule has 0 fully saturated rings. The van der Waals surface area contributed by atoms with Crippen LogP contribution in [-0.4, -0.2) is 8.42 Å². The van der Waals surface area contributed by atoms with Crippen LogP contribution in [0, 0.1) is 0 Å². The summed E-state index contributed by atoms with van der Waals surface area (Å²) >= 11 is 0. The molecule has 0 unspecified atom stereocenters. The lowest BCUT2D eigenvalue weighted by molar-refractivity contribution is 0.599. The molecule has 0 bridgehead atoms. The third-order valence-corrected chi connectivity index (χ3v) is 5.07. The van der Waals surface area contributed by atoms with Gasteiger partial charge in [-0.15, -0.1) is 0 Å². The number of benzene rings is 2. The number of sulfone groups is 1. The van der Waals surface area contributed by atoms with Crippen LogP contribution in [0.4, 0.5) is 22.7 Å². The van der Waals surface area contributed by atoms with Gasteiger partial charge >= 0.3 is 0 Å². The van der Waals surface area contributed by atoms with Crippen molar-refractivity contribution in [2.24, 2.45) is 0 Å². The second kappa shape index (κ2) is 3.33. The van der Waals surface area contributed by atoms with E-state index in [-0.39, 0.29) is 21.2 Å². The van der Waals surface area contributed by atoms with Crippen LogP contribution in [0.25, 0.3) is 11.1 Å². The lowest BCUT2D eigenvalue weighted by Crippen LogP contribution is -2.01. The predicted octanol–water partition coefficient (Wildman–Crippen LogP) is 0.829. The van der Waals surface area contributed by atoms with Crippen molar-refractivity contribution in [1.29, 1.82) is 0 Å². The van der Waals surface area contributed by atoms with Crippen molar-refractivity contribution in [1.82, 2.24) is 0 Å². The Bertz CT molecular complexity index is 765. The zero-order valence-electron chi connectivity index (χ0n) is 9.84. The van der Waals surface area contributed by atoms with Crippen molar-refractivity contribution in [3.05, 3.63) is 24.3 Å². The van der Waals surface area contributed by atoms with E-state index < -0.39 is 9.84 Å². The molecule has 98 valence electrons. The molecule has 1 aliphatic rings. The standard InChI is InChI=1S/C12H12N4O2S/c13-7-1-5-6-2-8(14)10(16)4-12(6)19(17,18)11(5)3-9(7)15/h1-4H,13-16H2. The van der Waals surface area contributed by atoms with Gasteiger partial charge < -0.3 is 22.9 Å². The van der Waals surface area contributed by atoms with Gasteiger partial charge in [0, 0.05) is 11.1 Å². The molecule has 0 aliphatic carbocycles. The molecule has 1 heterocycles. The minimum Gasteiger partial charge on any atom is -0.397 e. The molecule has 7 heteroatoms. The monoisotopic (exact) mass is 276 g/mol. The Morgan fingerprint density at radius 3 is 1.32 bits per heavy atom. The van der Waals surface area contributed by atoms with E-state index in [0.717, 1.165) is 0 Å². The number of anilines is 4. The average Bonchev–Trinajstić information content (AvgIpc) is 2.52. The maximum absolute atomic E-state index is 12.4. The Labute approximate surface area is 109 Å². The lowest BCUT2D eigenvalue weighted by atomic mass is 10.0. The maximum atomic E-state index is 12.4. The van der Waals surface area contributed by atoms with Crippen molar-refractivity contribution in [3.63, 3.8) is 0 Å². The van der Waals surface area contributed by atoms with Crippen LogP contribution in [0.5, 0.6) is 0 Å². The van der Waals surface area contributed by atoms with Crippen molar-refractivity contribution < 1.29 is 8.42 Å². The van der Waals surface area contributed by atoms with Crippen LogP contribution in [0.2, 0.25) is 0 Å². The van der Waals surface area contributed by atoms with E-state index in [1.807, 2.05) is 0 Å². The Morgan fingerprint density at radius 2 is 0.947 bits per heavy atom. The third kappa shape index (κ3) is 1.39. The summed E-state index contributed by atoms with van der Waals surface area (Å²) in [6.07, 6.45) is 0. The van der Waals surface area contributed by atoms with Gasteiger partial charge in [0.25, 0.3) is 0 Å². The Balaban J connectivity index is 2.48. The highest BCUT2D eigenvalue weighted by molar-refractivity contribution is 7.92. The van der Waals surface area contributed by atoms with Gasteiger partial charge in [0.15, 0.2) is 0 Å². The fourth-order valence-electron chi connectivity index (χ4n) is 2.21. The van der Waals surface area contributed by atoms with Crippen LogP contribution in [-0.2, 0) is 9.84 Å². The highest BCUT2D eigenvalue weighted by Gasteiger charge is 2.34. The second-order valence-corrected chi connectivity index (χ2v) is 6.34. The molecule has 0 radical (unpaired) electrons. The Kier molecular flexibility index (Phi) is 2.04. The van der Waals surface area contributed by atoms with Crippen LogP contribution < -0.4 is 22.9 Å². The van der Waals surface area contributed by atoms with Gasteiger partial charge in [0.1, 0.15) is 0 Å². The highest BCUT2D eigenvalue weighted by Crippen LogP contribution is 2.47. The quantitative estimate of drug-likeness (QED) is 0.448. The fraction of sp³-hybridized carbons (Fsp3) is 0. The molecule has 2 aromatic carbocycles. The summed E-state index contributed by atoms with van der Waals surface area (Å²) < 4.78 is 24.8. The van der Waals surface area contributed by atoms with E-state index in [1.54, 1.807) is 12.1 Å². The van der Waals surface area contributed by atoms with Crippen LogP contribution in [0.1, 0.15) is 0 Å². The fourth-order valence-corrected chi connectivity index (χ4v) is 3.93. The smallest absolute Gasteiger partial charge is 0.207 e. The van der Waals surface area contributed by atoms with E-state index in [1.165, 1.54) is 12.1 Å². The summed E-state index contributed by atoms with van der Waals surface area (Å²) in [5.74, 6) is 0. The zero-order chi connectivity index (χ0) is 13.9. The number of nitrogen functional groups attached to an aromatic ring is 4. The first-order valence-electron chi connectivity index (χ1n) is 5.46. The summed E-state index contributed by atoms with van der Waals surface area (Å²) in [6, 6.07) is 5.83. The molecule has 19 heavy (non-hydrogen) atoms. The van der Waals surface area contributed by atoms with Crippen molar-refractivity contribution in [2.75, 3.05) is 22.9 Å². The van der Waals surface area contributed by atoms with Gasteiger partial charge in [-0.3, -0.25) is 0 Å². The van der Waals surface area contributed by atoms with Gasteiger partial charge in [-0.05, 0) is 24.3 Å². The summed E-state index contributed by atoms with van der Waals surface area (Å²) in [5.41, 5.74) is 24.9. The average molecular weight is 276 g/mol.